The lowest BCUT2D eigenvalue weighted by Crippen LogP contribution is -2.83. The maximum atomic E-state index is 13.7. The Hall–Kier alpha value is -3.27. The van der Waals surface area contributed by atoms with Crippen molar-refractivity contribution >= 4 is 45.1 Å². The fraction of sp³-hybridized carbons (Fsp3) is 0.267. The Morgan fingerprint density at radius 1 is 1.18 bits per heavy atom. The summed E-state index contributed by atoms with van der Waals surface area (Å²) < 4.78 is 1.89. The van der Waals surface area contributed by atoms with Crippen molar-refractivity contribution in [2.75, 3.05) is 13.2 Å². The molecule has 9 heteroatoms. The van der Waals surface area contributed by atoms with Gasteiger partial charge < -0.3 is 25.4 Å². The number of halogens is 1. The molecule has 0 aliphatic carbocycles. The maximum absolute atomic E-state index is 13.7. The van der Waals surface area contributed by atoms with E-state index in [2.05, 4.69) is 5.32 Å². The molecule has 0 unspecified atom stereocenters. The summed E-state index contributed by atoms with van der Waals surface area (Å²) in [6.45, 7) is 3.66. The lowest BCUT2D eigenvalue weighted by molar-refractivity contribution is -0.677. The minimum Gasteiger partial charge on any atom is -0.396 e. The number of benzene rings is 2. The molecule has 39 heavy (non-hydrogen) atoms. The van der Waals surface area contributed by atoms with Crippen LogP contribution in [-0.4, -0.2) is 33.8 Å². The van der Waals surface area contributed by atoms with Crippen LogP contribution in [0.25, 0.3) is 16.3 Å². The van der Waals surface area contributed by atoms with E-state index in [4.69, 9.17) is 11.6 Å². The highest BCUT2D eigenvalue weighted by molar-refractivity contribution is 7.19. The third-order valence-corrected chi connectivity index (χ3v) is 7.94. The third-order valence-electron chi connectivity index (χ3n) is 6.43. The van der Waals surface area contributed by atoms with E-state index in [9.17, 15) is 19.8 Å². The highest BCUT2D eigenvalue weighted by Crippen LogP contribution is 2.31. The fourth-order valence-electron chi connectivity index (χ4n) is 4.43. The first-order valence-electron chi connectivity index (χ1n) is 12.9. The number of nitrogens with one attached hydrogen (secondary N) is 1. The second kappa shape index (κ2) is 13.7. The van der Waals surface area contributed by atoms with E-state index in [1.807, 2.05) is 71.4 Å². The zero-order valence-corrected chi connectivity index (χ0v) is 23.3. The van der Waals surface area contributed by atoms with Gasteiger partial charge in [-0.05, 0) is 36.6 Å². The number of nitrogens with two attached hydrogens (primary N) is 1. The van der Waals surface area contributed by atoms with Gasteiger partial charge in [-0.25, -0.2) is 0 Å². The molecule has 0 spiro atoms. The van der Waals surface area contributed by atoms with Crippen molar-refractivity contribution in [2.24, 2.45) is 0 Å². The van der Waals surface area contributed by atoms with Gasteiger partial charge in [0.1, 0.15) is 29.6 Å². The number of rotatable bonds is 12. The van der Waals surface area contributed by atoms with Gasteiger partial charge in [0.25, 0.3) is 5.91 Å². The molecule has 0 aliphatic heterocycles. The molecular weight excluding hydrogens is 534 g/mol. The molecular formula is C30H33ClN3O4S+. The number of fused-ring (bicyclic) bond motifs is 1. The van der Waals surface area contributed by atoms with Crippen molar-refractivity contribution in [3.05, 3.63) is 109 Å². The molecule has 7 nitrogen and oxygen atoms in total. The summed E-state index contributed by atoms with van der Waals surface area (Å²) in [6.07, 6.45) is 5.27. The van der Waals surface area contributed by atoms with Gasteiger partial charge in [-0.2, -0.15) is 0 Å². The van der Waals surface area contributed by atoms with Crippen LogP contribution in [0.1, 0.15) is 51.4 Å². The number of allylic oxidation sites excluding steroid dienone is 1. The molecule has 0 fully saturated rings. The van der Waals surface area contributed by atoms with Gasteiger partial charge in [0.15, 0.2) is 0 Å². The van der Waals surface area contributed by atoms with E-state index in [0.717, 1.165) is 26.4 Å². The number of carbonyl (C=O) groups excluding carboxylic acids is 1. The molecule has 0 saturated carbocycles. The number of carbonyl (C=O) groups is 1. The molecule has 0 saturated heterocycles. The Bertz CT molecular complexity index is 1500. The van der Waals surface area contributed by atoms with Crippen LogP contribution >= 0.6 is 22.9 Å². The van der Waals surface area contributed by atoms with E-state index in [1.54, 1.807) is 18.3 Å². The number of thiophene rings is 1. The minimum absolute atomic E-state index is 0.00315. The van der Waals surface area contributed by atoms with E-state index < -0.39 is 12.0 Å². The fourth-order valence-corrected chi connectivity index (χ4v) is 5.84. The quantitative estimate of drug-likeness (QED) is 0.209. The van der Waals surface area contributed by atoms with Crippen LogP contribution < -0.4 is 16.1 Å². The SMILES string of the molecule is C/C=C/c1c(C[NH2+]C[C@@H](O)c2ccccc2)sc2c1c(=O)c(C(=O)NCc1ccc(Cl)cc1)cn2CCCO. The molecule has 5 N–H and O–H groups in total. The summed E-state index contributed by atoms with van der Waals surface area (Å²) in [4.78, 5) is 28.6. The van der Waals surface area contributed by atoms with E-state index in [-0.39, 0.29) is 24.1 Å². The van der Waals surface area contributed by atoms with Gasteiger partial charge in [0.2, 0.25) is 5.43 Å². The van der Waals surface area contributed by atoms with Crippen LogP contribution in [0.5, 0.6) is 0 Å². The second-order valence-electron chi connectivity index (χ2n) is 9.23. The molecule has 0 bridgehead atoms. The van der Waals surface area contributed by atoms with Gasteiger partial charge in [-0.3, -0.25) is 9.59 Å². The molecule has 1 atom stereocenters. The standard InChI is InChI=1S/C30H32ClN3O4S/c1-2-7-23-26(18-32-17-25(36)21-8-4-3-5-9-21)39-30-27(23)28(37)24(19-34(30)14-6-15-35)29(38)33-16-20-10-12-22(31)13-11-20/h2-5,7-13,19,25,32,35-36H,6,14-18H2,1H3,(H,33,38)/p+1/b7-2+/t25-/m1/s1. The Labute approximate surface area is 236 Å². The van der Waals surface area contributed by atoms with Crippen LogP contribution in [0.3, 0.4) is 0 Å². The molecule has 204 valence electrons. The lowest BCUT2D eigenvalue weighted by atomic mass is 10.1. The molecule has 0 radical (unpaired) electrons. The first-order valence-corrected chi connectivity index (χ1v) is 14.1. The van der Waals surface area contributed by atoms with Gasteiger partial charge in [-0.15, -0.1) is 11.3 Å². The number of aliphatic hydroxyl groups excluding tert-OH is 2. The topological polar surface area (TPSA) is 108 Å². The van der Waals surface area contributed by atoms with E-state index in [1.165, 1.54) is 11.3 Å². The summed E-state index contributed by atoms with van der Waals surface area (Å²) in [5, 5.41) is 26.0. The summed E-state index contributed by atoms with van der Waals surface area (Å²) in [5.41, 5.74) is 2.26. The Morgan fingerprint density at radius 2 is 1.92 bits per heavy atom. The molecule has 2 aromatic carbocycles. The van der Waals surface area contributed by atoms with Crippen molar-refractivity contribution in [3.8, 4) is 0 Å². The number of aryl methyl sites for hydroxylation is 1. The number of hydrogen-bond donors (Lipinski definition) is 4. The lowest BCUT2D eigenvalue weighted by Gasteiger charge is -2.11. The summed E-state index contributed by atoms with van der Waals surface area (Å²) in [5.74, 6) is -0.452. The molecule has 4 aromatic rings. The first kappa shape index (κ1) is 28.7. The van der Waals surface area contributed by atoms with Gasteiger partial charge in [-0.1, -0.05) is 66.2 Å². The van der Waals surface area contributed by atoms with Crippen LogP contribution in [0.4, 0.5) is 0 Å². The highest BCUT2D eigenvalue weighted by Gasteiger charge is 2.22. The van der Waals surface area contributed by atoms with Crippen molar-refractivity contribution < 1.29 is 20.3 Å². The van der Waals surface area contributed by atoms with Crippen molar-refractivity contribution in [2.45, 2.75) is 39.1 Å². The van der Waals surface area contributed by atoms with Gasteiger partial charge in [0, 0.05) is 36.5 Å². The van der Waals surface area contributed by atoms with Crippen molar-refractivity contribution in [3.63, 3.8) is 0 Å². The second-order valence-corrected chi connectivity index (χ2v) is 10.7. The number of hydrogen-bond acceptors (Lipinski definition) is 5. The normalized spacial score (nSPS) is 12.3. The Morgan fingerprint density at radius 3 is 2.62 bits per heavy atom. The van der Waals surface area contributed by atoms with E-state index >= 15 is 0 Å². The molecule has 4 rings (SSSR count). The monoisotopic (exact) mass is 566 g/mol. The summed E-state index contributed by atoms with van der Waals surface area (Å²) in [7, 11) is 0. The first-order chi connectivity index (χ1) is 18.9. The molecule has 2 heterocycles. The predicted molar refractivity (Wildman–Crippen MR) is 157 cm³/mol. The molecule has 0 aliphatic rings. The van der Waals surface area contributed by atoms with Crippen LogP contribution in [0, 0.1) is 0 Å². The summed E-state index contributed by atoms with van der Waals surface area (Å²) >= 11 is 7.46. The maximum Gasteiger partial charge on any atom is 0.257 e. The number of aromatic nitrogens is 1. The highest BCUT2D eigenvalue weighted by atomic mass is 35.5. The number of quaternary nitrogens is 1. The number of aliphatic hydroxyl groups is 2. The van der Waals surface area contributed by atoms with Crippen LogP contribution in [-0.2, 0) is 19.6 Å². The zero-order valence-electron chi connectivity index (χ0n) is 21.8. The molecule has 2 aromatic heterocycles. The predicted octanol–water partition coefficient (Wildman–Crippen LogP) is 3.86. The van der Waals surface area contributed by atoms with Gasteiger partial charge in [0.05, 0.1) is 10.3 Å². The molecule has 1 amide bonds. The average molecular weight is 567 g/mol. The number of nitrogens with zero attached hydrogens (tertiary/aromatic N) is 1. The third kappa shape index (κ3) is 7.03. The van der Waals surface area contributed by atoms with Crippen molar-refractivity contribution in [1.29, 1.82) is 0 Å². The Kier molecular flexibility index (Phi) is 10.1. The summed E-state index contributed by atoms with van der Waals surface area (Å²) in [6, 6.07) is 16.7. The van der Waals surface area contributed by atoms with Crippen LogP contribution in [0.15, 0.2) is 71.7 Å². The zero-order chi connectivity index (χ0) is 27.8. The van der Waals surface area contributed by atoms with Gasteiger partial charge >= 0.3 is 0 Å². The van der Waals surface area contributed by atoms with Crippen LogP contribution in [0.2, 0.25) is 5.02 Å². The number of amides is 1. The smallest absolute Gasteiger partial charge is 0.257 e. The van der Waals surface area contributed by atoms with E-state index in [0.29, 0.717) is 36.5 Å². The largest absolute Gasteiger partial charge is 0.396 e. The number of pyridine rings is 1. The average Bonchev–Trinajstić information content (AvgIpc) is 3.31. The van der Waals surface area contributed by atoms with Crippen molar-refractivity contribution in [1.82, 2.24) is 9.88 Å². The minimum atomic E-state index is -0.605. The Balaban J connectivity index is 1.64.